The van der Waals surface area contributed by atoms with Crippen LogP contribution in [0, 0.1) is 0 Å². The fourth-order valence-electron chi connectivity index (χ4n) is 4.04. The predicted octanol–water partition coefficient (Wildman–Crippen LogP) is 0.853. The van der Waals surface area contributed by atoms with E-state index in [1.165, 1.54) is 0 Å². The van der Waals surface area contributed by atoms with E-state index in [1.54, 1.807) is 23.1 Å². The van der Waals surface area contributed by atoms with Crippen LogP contribution in [0.3, 0.4) is 0 Å². The SMILES string of the molecule is Cl.O=C(NCCCN1CCNCC1)C1CCCN1C(=O)c1ccc2c(c1)OCO2. The van der Waals surface area contributed by atoms with Crippen molar-refractivity contribution < 1.29 is 19.1 Å². The molecule has 2 N–H and O–H groups in total. The molecule has 0 aromatic heterocycles. The van der Waals surface area contributed by atoms with Crippen molar-refractivity contribution in [3.8, 4) is 11.5 Å². The topological polar surface area (TPSA) is 83.1 Å². The van der Waals surface area contributed by atoms with Crippen molar-refractivity contribution in [2.75, 3.05) is 52.6 Å². The molecule has 1 atom stereocenters. The van der Waals surface area contributed by atoms with Gasteiger partial charge in [-0.2, -0.15) is 0 Å². The Kier molecular flexibility index (Phi) is 7.57. The van der Waals surface area contributed by atoms with Gasteiger partial charge in [-0.25, -0.2) is 0 Å². The first-order valence-corrected chi connectivity index (χ1v) is 10.1. The maximum absolute atomic E-state index is 12.9. The average Bonchev–Trinajstić information content (AvgIpc) is 3.40. The number of likely N-dealkylation sites (tertiary alicyclic amines) is 1. The Labute approximate surface area is 177 Å². The molecule has 2 fully saturated rings. The molecule has 0 saturated carbocycles. The van der Waals surface area contributed by atoms with Gasteiger partial charge in [-0.1, -0.05) is 0 Å². The predicted molar refractivity (Wildman–Crippen MR) is 111 cm³/mol. The summed E-state index contributed by atoms with van der Waals surface area (Å²) in [5, 5.41) is 6.36. The van der Waals surface area contributed by atoms with Crippen molar-refractivity contribution in [2.45, 2.75) is 25.3 Å². The van der Waals surface area contributed by atoms with Crippen molar-refractivity contribution in [1.82, 2.24) is 20.4 Å². The number of hydrogen-bond donors (Lipinski definition) is 2. The lowest BCUT2D eigenvalue weighted by molar-refractivity contribution is -0.124. The first-order chi connectivity index (χ1) is 13.7. The Balaban J connectivity index is 0.00000240. The van der Waals surface area contributed by atoms with E-state index in [0.29, 0.717) is 36.6 Å². The second-order valence-corrected chi connectivity index (χ2v) is 7.46. The summed E-state index contributed by atoms with van der Waals surface area (Å²) in [5.74, 6) is 1.05. The summed E-state index contributed by atoms with van der Waals surface area (Å²) >= 11 is 0. The maximum atomic E-state index is 12.9. The summed E-state index contributed by atoms with van der Waals surface area (Å²) in [6.45, 7) is 6.61. The molecule has 3 aliphatic rings. The summed E-state index contributed by atoms with van der Waals surface area (Å²) in [5.41, 5.74) is 0.530. The number of rotatable bonds is 6. The molecule has 0 bridgehead atoms. The molecular formula is C20H29ClN4O4. The minimum atomic E-state index is -0.392. The van der Waals surface area contributed by atoms with Gasteiger partial charge in [0.15, 0.2) is 11.5 Å². The van der Waals surface area contributed by atoms with Crippen LogP contribution in [0.5, 0.6) is 11.5 Å². The van der Waals surface area contributed by atoms with Crippen molar-refractivity contribution in [2.24, 2.45) is 0 Å². The van der Waals surface area contributed by atoms with Crippen LogP contribution < -0.4 is 20.1 Å². The number of carbonyl (C=O) groups excluding carboxylic acids is 2. The van der Waals surface area contributed by atoms with Crippen molar-refractivity contribution >= 4 is 24.2 Å². The molecule has 3 aliphatic heterocycles. The molecule has 9 heteroatoms. The van der Waals surface area contributed by atoms with Gasteiger partial charge in [0.2, 0.25) is 12.7 Å². The fourth-order valence-corrected chi connectivity index (χ4v) is 4.04. The van der Waals surface area contributed by atoms with Gasteiger partial charge in [-0.05, 0) is 44.0 Å². The molecule has 2 amide bonds. The molecule has 1 unspecified atom stereocenters. The highest BCUT2D eigenvalue weighted by atomic mass is 35.5. The Bertz CT molecular complexity index is 726. The highest BCUT2D eigenvalue weighted by molar-refractivity contribution is 5.98. The van der Waals surface area contributed by atoms with Crippen molar-refractivity contribution in [3.05, 3.63) is 23.8 Å². The molecule has 0 radical (unpaired) electrons. The Hall–Kier alpha value is -2.03. The molecule has 3 heterocycles. The zero-order valence-corrected chi connectivity index (χ0v) is 17.3. The summed E-state index contributed by atoms with van der Waals surface area (Å²) in [7, 11) is 0. The van der Waals surface area contributed by atoms with Crippen LogP contribution in [0.15, 0.2) is 18.2 Å². The number of hydrogen-bond acceptors (Lipinski definition) is 6. The van der Waals surface area contributed by atoms with Crippen molar-refractivity contribution in [3.63, 3.8) is 0 Å². The average molecular weight is 425 g/mol. The zero-order chi connectivity index (χ0) is 19.3. The molecule has 160 valence electrons. The largest absolute Gasteiger partial charge is 0.454 e. The first kappa shape index (κ1) is 21.7. The summed E-state index contributed by atoms with van der Waals surface area (Å²) < 4.78 is 10.7. The van der Waals surface area contributed by atoms with Gasteiger partial charge >= 0.3 is 0 Å². The number of piperazine rings is 1. The number of fused-ring (bicyclic) bond motifs is 1. The Morgan fingerprint density at radius 2 is 1.93 bits per heavy atom. The van der Waals surface area contributed by atoms with Crippen LogP contribution in [0.2, 0.25) is 0 Å². The Morgan fingerprint density at radius 1 is 1.14 bits per heavy atom. The van der Waals surface area contributed by atoms with Crippen LogP contribution in [-0.4, -0.2) is 80.3 Å². The minimum Gasteiger partial charge on any atom is -0.454 e. The van der Waals surface area contributed by atoms with E-state index in [0.717, 1.165) is 45.6 Å². The van der Waals surface area contributed by atoms with Crippen LogP contribution >= 0.6 is 12.4 Å². The van der Waals surface area contributed by atoms with Gasteiger partial charge < -0.3 is 29.9 Å². The molecule has 1 aromatic carbocycles. The monoisotopic (exact) mass is 424 g/mol. The van der Waals surface area contributed by atoms with Gasteiger partial charge in [-0.15, -0.1) is 12.4 Å². The maximum Gasteiger partial charge on any atom is 0.254 e. The minimum absolute atomic E-state index is 0. The number of nitrogens with zero attached hydrogens (tertiary/aromatic N) is 2. The standard InChI is InChI=1S/C20H28N4O4.ClH/c25-19(22-6-2-9-23-11-7-21-8-12-23)16-3-1-10-24(16)20(26)15-4-5-17-18(13-15)28-14-27-17;/h4-5,13,16,21H,1-3,6-12,14H2,(H,22,25);1H. The number of carbonyl (C=O) groups is 2. The quantitative estimate of drug-likeness (QED) is 0.659. The van der Waals surface area contributed by atoms with E-state index < -0.39 is 6.04 Å². The molecule has 29 heavy (non-hydrogen) atoms. The van der Waals surface area contributed by atoms with Gasteiger partial charge in [0.25, 0.3) is 5.91 Å². The normalized spacial score (nSPS) is 21.0. The van der Waals surface area contributed by atoms with E-state index in [4.69, 9.17) is 9.47 Å². The highest BCUT2D eigenvalue weighted by Gasteiger charge is 2.34. The van der Waals surface area contributed by atoms with Gasteiger partial charge in [0.05, 0.1) is 0 Å². The molecule has 1 aromatic rings. The molecular weight excluding hydrogens is 396 g/mol. The Morgan fingerprint density at radius 3 is 2.76 bits per heavy atom. The number of benzene rings is 1. The van der Waals surface area contributed by atoms with E-state index in [-0.39, 0.29) is 31.0 Å². The van der Waals surface area contributed by atoms with Crippen LogP contribution in [0.25, 0.3) is 0 Å². The second-order valence-electron chi connectivity index (χ2n) is 7.46. The number of halogens is 1. The third kappa shape index (κ3) is 5.12. The van der Waals surface area contributed by atoms with Crippen LogP contribution in [0.1, 0.15) is 29.6 Å². The lowest BCUT2D eigenvalue weighted by Crippen LogP contribution is -2.47. The number of amides is 2. The van der Waals surface area contributed by atoms with Crippen molar-refractivity contribution in [1.29, 1.82) is 0 Å². The first-order valence-electron chi connectivity index (χ1n) is 10.1. The van der Waals surface area contributed by atoms with Gasteiger partial charge in [-0.3, -0.25) is 9.59 Å². The summed E-state index contributed by atoms with van der Waals surface area (Å²) in [4.78, 5) is 29.7. The number of nitrogens with one attached hydrogen (secondary N) is 2. The van der Waals surface area contributed by atoms with Gasteiger partial charge in [0.1, 0.15) is 6.04 Å². The second kappa shape index (κ2) is 10.1. The summed E-state index contributed by atoms with van der Waals surface area (Å²) in [6, 6.07) is 4.79. The molecule has 0 spiro atoms. The third-order valence-electron chi connectivity index (χ3n) is 5.60. The third-order valence-corrected chi connectivity index (χ3v) is 5.60. The molecule has 2 saturated heterocycles. The number of ether oxygens (including phenoxy) is 2. The highest BCUT2D eigenvalue weighted by Crippen LogP contribution is 2.33. The smallest absolute Gasteiger partial charge is 0.254 e. The van der Waals surface area contributed by atoms with E-state index in [1.807, 2.05) is 0 Å². The van der Waals surface area contributed by atoms with E-state index in [9.17, 15) is 9.59 Å². The fraction of sp³-hybridized carbons (Fsp3) is 0.600. The lowest BCUT2D eigenvalue weighted by Gasteiger charge is -2.27. The summed E-state index contributed by atoms with van der Waals surface area (Å²) in [6.07, 6.45) is 2.48. The van der Waals surface area contributed by atoms with Crippen LogP contribution in [-0.2, 0) is 4.79 Å². The lowest BCUT2D eigenvalue weighted by atomic mass is 10.1. The molecule has 4 rings (SSSR count). The van der Waals surface area contributed by atoms with Gasteiger partial charge in [0, 0.05) is 44.8 Å². The zero-order valence-electron chi connectivity index (χ0n) is 16.5. The van der Waals surface area contributed by atoms with Crippen LogP contribution in [0.4, 0.5) is 0 Å². The van der Waals surface area contributed by atoms with E-state index >= 15 is 0 Å². The molecule has 0 aliphatic carbocycles. The molecule has 8 nitrogen and oxygen atoms in total. The van der Waals surface area contributed by atoms with E-state index in [2.05, 4.69) is 15.5 Å².